The van der Waals surface area contributed by atoms with Gasteiger partial charge in [0.15, 0.2) is 0 Å². The van der Waals surface area contributed by atoms with Crippen LogP contribution in [0.5, 0.6) is 0 Å². The highest BCUT2D eigenvalue weighted by Crippen LogP contribution is 2.25. The van der Waals surface area contributed by atoms with Crippen molar-refractivity contribution in [2.24, 2.45) is 5.92 Å². The highest BCUT2D eigenvalue weighted by molar-refractivity contribution is 5.82. The molecule has 0 heterocycles. The lowest BCUT2D eigenvalue weighted by Crippen LogP contribution is -2.45. The van der Waals surface area contributed by atoms with Gasteiger partial charge in [0.2, 0.25) is 5.91 Å². The number of rotatable bonds is 3. The van der Waals surface area contributed by atoms with Gasteiger partial charge < -0.3 is 10.4 Å². The fourth-order valence-electron chi connectivity index (χ4n) is 2.42. The highest BCUT2D eigenvalue weighted by atomic mass is 16.4. The minimum absolute atomic E-state index is 0.0988. The van der Waals surface area contributed by atoms with E-state index in [0.717, 1.165) is 25.7 Å². The lowest BCUT2D eigenvalue weighted by atomic mass is 9.86. The Hall–Kier alpha value is -1.06. The van der Waals surface area contributed by atoms with Gasteiger partial charge in [-0.1, -0.05) is 32.1 Å². The van der Waals surface area contributed by atoms with E-state index in [-0.39, 0.29) is 11.8 Å². The Bertz CT molecular complexity index is 245. The predicted octanol–water partition coefficient (Wildman–Crippen LogP) is 1.94. The lowest BCUT2D eigenvalue weighted by molar-refractivity contribution is -0.143. The summed E-state index contributed by atoms with van der Waals surface area (Å²) in [5.41, 5.74) is 0. The van der Waals surface area contributed by atoms with Crippen LogP contribution in [0.4, 0.5) is 0 Å². The molecule has 1 saturated carbocycles. The van der Waals surface area contributed by atoms with Crippen LogP contribution in [-0.2, 0) is 9.59 Å². The molecule has 0 aromatic rings. The second kappa shape index (κ2) is 6.51. The molecule has 1 fully saturated rings. The summed E-state index contributed by atoms with van der Waals surface area (Å²) >= 11 is 0. The molecule has 16 heavy (non-hydrogen) atoms. The van der Waals surface area contributed by atoms with Crippen molar-refractivity contribution in [2.45, 2.75) is 57.9 Å². The van der Waals surface area contributed by atoms with Gasteiger partial charge in [-0.15, -0.1) is 0 Å². The number of aliphatic carboxylic acids is 1. The van der Waals surface area contributed by atoms with Crippen molar-refractivity contribution in [1.82, 2.24) is 5.32 Å². The fourth-order valence-corrected chi connectivity index (χ4v) is 2.42. The van der Waals surface area contributed by atoms with Crippen molar-refractivity contribution < 1.29 is 14.7 Å². The molecule has 4 heteroatoms. The van der Waals surface area contributed by atoms with Crippen molar-refractivity contribution in [2.75, 3.05) is 0 Å². The molecule has 2 N–H and O–H groups in total. The first-order chi connectivity index (χ1) is 7.61. The molecule has 0 bridgehead atoms. The standard InChI is InChI=1S/C12H21NO3/c1-9(14)13-11(12(15)16)10-7-5-3-2-4-6-8-10/h10-11H,2-8H2,1H3,(H,13,14)(H,15,16). The van der Waals surface area contributed by atoms with E-state index in [1.54, 1.807) is 0 Å². The van der Waals surface area contributed by atoms with E-state index in [9.17, 15) is 9.59 Å². The molecule has 0 radical (unpaired) electrons. The molecular formula is C12H21NO3. The average Bonchev–Trinajstić information content (AvgIpc) is 2.13. The molecule has 1 aliphatic carbocycles. The number of hydrogen-bond acceptors (Lipinski definition) is 2. The van der Waals surface area contributed by atoms with E-state index < -0.39 is 12.0 Å². The van der Waals surface area contributed by atoms with Gasteiger partial charge in [-0.05, 0) is 18.8 Å². The van der Waals surface area contributed by atoms with Gasteiger partial charge in [-0.2, -0.15) is 0 Å². The molecule has 4 nitrogen and oxygen atoms in total. The number of carbonyl (C=O) groups is 2. The summed E-state index contributed by atoms with van der Waals surface area (Å²) in [6, 6.07) is -0.699. The summed E-state index contributed by atoms with van der Waals surface area (Å²) in [6.07, 6.45) is 7.60. The van der Waals surface area contributed by atoms with Gasteiger partial charge in [0, 0.05) is 6.92 Å². The first-order valence-corrected chi connectivity index (χ1v) is 6.11. The maximum Gasteiger partial charge on any atom is 0.326 e. The normalized spacial score (nSPS) is 20.6. The van der Waals surface area contributed by atoms with Crippen molar-refractivity contribution in [3.05, 3.63) is 0 Å². The number of nitrogens with one attached hydrogen (secondary N) is 1. The van der Waals surface area contributed by atoms with Gasteiger partial charge in [0.25, 0.3) is 0 Å². The van der Waals surface area contributed by atoms with E-state index >= 15 is 0 Å². The van der Waals surface area contributed by atoms with Crippen LogP contribution >= 0.6 is 0 Å². The van der Waals surface area contributed by atoms with Crippen LogP contribution in [0.3, 0.4) is 0 Å². The maximum atomic E-state index is 11.1. The van der Waals surface area contributed by atoms with Crippen molar-refractivity contribution >= 4 is 11.9 Å². The topological polar surface area (TPSA) is 66.4 Å². The largest absolute Gasteiger partial charge is 0.480 e. The van der Waals surface area contributed by atoms with E-state index in [1.165, 1.54) is 26.2 Å². The zero-order valence-corrected chi connectivity index (χ0v) is 9.87. The Morgan fingerprint density at radius 3 is 2.06 bits per heavy atom. The predicted molar refractivity (Wildman–Crippen MR) is 61.0 cm³/mol. The molecule has 0 saturated heterocycles. The summed E-state index contributed by atoms with van der Waals surface area (Å²) in [6.45, 7) is 1.37. The summed E-state index contributed by atoms with van der Waals surface area (Å²) in [5, 5.41) is 11.7. The third-order valence-corrected chi connectivity index (χ3v) is 3.25. The van der Waals surface area contributed by atoms with Gasteiger partial charge in [0.1, 0.15) is 6.04 Å². The molecular weight excluding hydrogens is 206 g/mol. The Labute approximate surface area is 96.4 Å². The number of carboxylic acid groups (broad SMARTS) is 1. The van der Waals surface area contributed by atoms with Gasteiger partial charge in [-0.25, -0.2) is 4.79 Å². The maximum absolute atomic E-state index is 11.1. The van der Waals surface area contributed by atoms with Crippen molar-refractivity contribution in [3.63, 3.8) is 0 Å². The van der Waals surface area contributed by atoms with Crippen LogP contribution in [0.2, 0.25) is 0 Å². The second-order valence-corrected chi connectivity index (χ2v) is 4.62. The number of carbonyl (C=O) groups excluding carboxylic acids is 1. The molecule has 1 amide bonds. The van der Waals surface area contributed by atoms with Crippen LogP contribution in [0.15, 0.2) is 0 Å². The van der Waals surface area contributed by atoms with Gasteiger partial charge in [0.05, 0.1) is 0 Å². The molecule has 0 aromatic heterocycles. The highest BCUT2D eigenvalue weighted by Gasteiger charge is 2.28. The molecule has 0 aromatic carbocycles. The average molecular weight is 227 g/mol. The van der Waals surface area contributed by atoms with E-state index in [4.69, 9.17) is 5.11 Å². The summed E-state index contributed by atoms with van der Waals surface area (Å²) in [5.74, 6) is -1.06. The number of carboxylic acids is 1. The van der Waals surface area contributed by atoms with Crippen molar-refractivity contribution in [3.8, 4) is 0 Å². The Kier molecular flexibility index (Phi) is 5.29. The van der Waals surface area contributed by atoms with Gasteiger partial charge in [-0.3, -0.25) is 4.79 Å². The molecule has 92 valence electrons. The Morgan fingerprint density at radius 2 is 1.62 bits per heavy atom. The molecule has 0 aliphatic heterocycles. The summed E-state index contributed by atoms with van der Waals surface area (Å²) < 4.78 is 0. The quantitative estimate of drug-likeness (QED) is 0.774. The molecule has 0 spiro atoms. The molecule has 1 aliphatic rings. The van der Waals surface area contributed by atoms with Crippen molar-refractivity contribution in [1.29, 1.82) is 0 Å². The first kappa shape index (κ1) is 13.0. The van der Waals surface area contributed by atoms with Crippen LogP contribution in [0.25, 0.3) is 0 Å². The monoisotopic (exact) mass is 227 g/mol. The Balaban J connectivity index is 2.59. The molecule has 1 rings (SSSR count). The molecule has 1 atom stereocenters. The van der Waals surface area contributed by atoms with Crippen LogP contribution in [0, 0.1) is 5.92 Å². The minimum atomic E-state index is -0.902. The van der Waals surface area contributed by atoms with Gasteiger partial charge >= 0.3 is 5.97 Å². The lowest BCUT2D eigenvalue weighted by Gasteiger charge is -2.26. The zero-order valence-electron chi connectivity index (χ0n) is 9.87. The SMILES string of the molecule is CC(=O)NC(C(=O)O)C1CCCCCCC1. The Morgan fingerprint density at radius 1 is 1.12 bits per heavy atom. The smallest absolute Gasteiger partial charge is 0.326 e. The van der Waals surface area contributed by atoms with E-state index in [2.05, 4.69) is 5.32 Å². The van der Waals surface area contributed by atoms with Crippen LogP contribution in [-0.4, -0.2) is 23.0 Å². The van der Waals surface area contributed by atoms with Crippen LogP contribution in [0.1, 0.15) is 51.9 Å². The first-order valence-electron chi connectivity index (χ1n) is 6.11. The minimum Gasteiger partial charge on any atom is -0.480 e. The third-order valence-electron chi connectivity index (χ3n) is 3.25. The number of amides is 1. The second-order valence-electron chi connectivity index (χ2n) is 4.62. The molecule has 1 unspecified atom stereocenters. The summed E-state index contributed by atoms with van der Waals surface area (Å²) in [7, 11) is 0. The summed E-state index contributed by atoms with van der Waals surface area (Å²) in [4.78, 5) is 22.1. The number of hydrogen-bond donors (Lipinski definition) is 2. The zero-order chi connectivity index (χ0) is 12.0. The van der Waals surface area contributed by atoms with E-state index in [0.29, 0.717) is 0 Å². The van der Waals surface area contributed by atoms with E-state index in [1.807, 2.05) is 0 Å². The fraction of sp³-hybridized carbons (Fsp3) is 0.833. The third kappa shape index (κ3) is 4.21. The van der Waals surface area contributed by atoms with Crippen LogP contribution < -0.4 is 5.32 Å².